The minimum atomic E-state index is -0.289. The van der Waals surface area contributed by atoms with E-state index < -0.39 is 0 Å². The van der Waals surface area contributed by atoms with Gasteiger partial charge in [0.05, 0.1) is 6.04 Å². The van der Waals surface area contributed by atoms with Crippen LogP contribution in [0.2, 0.25) is 0 Å². The number of benzene rings is 2. The summed E-state index contributed by atoms with van der Waals surface area (Å²) in [5, 5.41) is 5.83. The fourth-order valence-electron chi connectivity index (χ4n) is 3.87. The molecular weight excluding hydrogens is 382 g/mol. The Morgan fingerprint density at radius 1 is 1.10 bits per heavy atom. The van der Waals surface area contributed by atoms with Crippen LogP contribution in [-0.2, 0) is 20.8 Å². The van der Waals surface area contributed by atoms with Gasteiger partial charge < -0.3 is 20.3 Å². The molecule has 7 heteroatoms. The van der Waals surface area contributed by atoms with E-state index in [1.54, 1.807) is 17.0 Å². The number of aryl methyl sites for hydroxylation is 1. The normalized spacial score (nSPS) is 16.6. The van der Waals surface area contributed by atoms with Gasteiger partial charge in [0.2, 0.25) is 11.8 Å². The lowest BCUT2D eigenvalue weighted by Gasteiger charge is -2.25. The average Bonchev–Trinajstić information content (AvgIpc) is 3.16. The molecular formula is C23H25N3O4. The summed E-state index contributed by atoms with van der Waals surface area (Å²) in [6.07, 6.45) is 2.53. The first kappa shape index (κ1) is 19.9. The molecule has 2 aliphatic heterocycles. The molecule has 0 aromatic heterocycles. The van der Waals surface area contributed by atoms with Crippen LogP contribution in [0.3, 0.4) is 0 Å². The maximum Gasteiger partial charge on any atom is 0.258 e. The number of rotatable bonds is 7. The molecule has 1 fully saturated rings. The van der Waals surface area contributed by atoms with Gasteiger partial charge in [0, 0.05) is 31.6 Å². The smallest absolute Gasteiger partial charge is 0.258 e. The Hall–Kier alpha value is -3.35. The van der Waals surface area contributed by atoms with Crippen LogP contribution in [0.5, 0.6) is 5.75 Å². The number of carbonyl (C=O) groups is 3. The molecule has 3 amide bonds. The van der Waals surface area contributed by atoms with Gasteiger partial charge >= 0.3 is 0 Å². The molecule has 7 nitrogen and oxygen atoms in total. The molecule has 2 N–H and O–H groups in total. The highest BCUT2D eigenvalue weighted by Crippen LogP contribution is 2.27. The van der Waals surface area contributed by atoms with E-state index in [0.29, 0.717) is 31.6 Å². The number of fused-ring (bicyclic) bond motifs is 1. The summed E-state index contributed by atoms with van der Waals surface area (Å²) in [4.78, 5) is 37.9. The third-order valence-electron chi connectivity index (χ3n) is 5.45. The second-order valence-corrected chi connectivity index (χ2v) is 7.63. The molecule has 1 saturated heterocycles. The van der Waals surface area contributed by atoms with Crippen molar-refractivity contribution in [1.29, 1.82) is 0 Å². The first-order valence-corrected chi connectivity index (χ1v) is 10.3. The summed E-state index contributed by atoms with van der Waals surface area (Å²) < 4.78 is 5.68. The standard InChI is InChI=1S/C23H25N3O4/c27-21-11-8-17-13-18(9-10-19(17)24-21)30-15-22(28)25-20(16-5-2-1-3-6-16)14-26-12-4-7-23(26)29/h1-3,5-6,9-10,13,20H,4,7-8,11-12,14-15H2,(H,24,27)(H,25,28). The summed E-state index contributed by atoms with van der Waals surface area (Å²) in [7, 11) is 0. The summed E-state index contributed by atoms with van der Waals surface area (Å²) >= 11 is 0. The molecule has 2 aromatic carbocycles. The fourth-order valence-corrected chi connectivity index (χ4v) is 3.87. The van der Waals surface area contributed by atoms with Crippen LogP contribution in [0.25, 0.3) is 0 Å². The fraction of sp³-hybridized carbons (Fsp3) is 0.348. The average molecular weight is 407 g/mol. The van der Waals surface area contributed by atoms with Gasteiger partial charge in [0.1, 0.15) is 5.75 Å². The van der Waals surface area contributed by atoms with E-state index in [-0.39, 0.29) is 30.4 Å². The summed E-state index contributed by atoms with van der Waals surface area (Å²) in [5.41, 5.74) is 2.75. The lowest BCUT2D eigenvalue weighted by atomic mass is 10.0. The van der Waals surface area contributed by atoms with Gasteiger partial charge in [-0.2, -0.15) is 0 Å². The van der Waals surface area contributed by atoms with Crippen LogP contribution in [-0.4, -0.2) is 42.3 Å². The van der Waals surface area contributed by atoms with Gasteiger partial charge in [0.25, 0.3) is 5.91 Å². The predicted octanol–water partition coefficient (Wildman–Crippen LogP) is 2.43. The van der Waals surface area contributed by atoms with Crippen LogP contribution in [0.4, 0.5) is 5.69 Å². The number of nitrogens with one attached hydrogen (secondary N) is 2. The van der Waals surface area contributed by atoms with Crippen LogP contribution in [0.15, 0.2) is 48.5 Å². The highest BCUT2D eigenvalue weighted by atomic mass is 16.5. The van der Waals surface area contributed by atoms with Crippen molar-refractivity contribution in [2.24, 2.45) is 0 Å². The monoisotopic (exact) mass is 407 g/mol. The Kier molecular flexibility index (Phi) is 5.97. The zero-order valence-electron chi connectivity index (χ0n) is 16.7. The summed E-state index contributed by atoms with van der Waals surface area (Å²) in [6, 6.07) is 14.8. The van der Waals surface area contributed by atoms with Gasteiger partial charge in [-0.1, -0.05) is 30.3 Å². The number of amides is 3. The Morgan fingerprint density at radius 2 is 1.93 bits per heavy atom. The molecule has 0 spiro atoms. The highest BCUT2D eigenvalue weighted by Gasteiger charge is 2.25. The minimum Gasteiger partial charge on any atom is -0.484 e. The predicted molar refractivity (Wildman–Crippen MR) is 112 cm³/mol. The van der Waals surface area contributed by atoms with E-state index in [0.717, 1.165) is 29.8 Å². The maximum absolute atomic E-state index is 12.6. The van der Waals surface area contributed by atoms with Crippen LogP contribution in [0, 0.1) is 0 Å². The third kappa shape index (κ3) is 4.79. The molecule has 0 bridgehead atoms. The molecule has 0 radical (unpaired) electrons. The van der Waals surface area contributed by atoms with Crippen molar-refractivity contribution in [3.8, 4) is 5.75 Å². The van der Waals surface area contributed by atoms with Gasteiger partial charge in [-0.15, -0.1) is 0 Å². The lowest BCUT2D eigenvalue weighted by Crippen LogP contribution is -2.40. The van der Waals surface area contributed by atoms with E-state index in [1.807, 2.05) is 36.4 Å². The van der Waals surface area contributed by atoms with Crippen LogP contribution >= 0.6 is 0 Å². The summed E-state index contributed by atoms with van der Waals surface area (Å²) in [6.45, 7) is 1.05. The molecule has 156 valence electrons. The Labute approximate surface area is 175 Å². The van der Waals surface area contributed by atoms with E-state index in [4.69, 9.17) is 4.74 Å². The molecule has 1 atom stereocenters. The van der Waals surface area contributed by atoms with Crippen molar-refractivity contribution < 1.29 is 19.1 Å². The van der Waals surface area contributed by atoms with Gasteiger partial charge in [-0.25, -0.2) is 0 Å². The number of likely N-dealkylation sites (tertiary alicyclic amines) is 1. The van der Waals surface area contributed by atoms with Gasteiger partial charge in [-0.3, -0.25) is 14.4 Å². The third-order valence-corrected chi connectivity index (χ3v) is 5.45. The lowest BCUT2D eigenvalue weighted by molar-refractivity contribution is -0.129. The number of hydrogen-bond donors (Lipinski definition) is 2. The molecule has 0 saturated carbocycles. The minimum absolute atomic E-state index is 0.0129. The Morgan fingerprint density at radius 3 is 2.70 bits per heavy atom. The number of anilines is 1. The molecule has 2 aromatic rings. The van der Waals surface area contributed by atoms with E-state index >= 15 is 0 Å². The Balaban J connectivity index is 1.38. The molecule has 30 heavy (non-hydrogen) atoms. The second kappa shape index (κ2) is 8.98. The van der Waals surface area contributed by atoms with Crippen molar-refractivity contribution >= 4 is 23.4 Å². The second-order valence-electron chi connectivity index (χ2n) is 7.63. The van der Waals surface area contributed by atoms with Crippen molar-refractivity contribution in [3.63, 3.8) is 0 Å². The van der Waals surface area contributed by atoms with Gasteiger partial charge in [0.15, 0.2) is 6.61 Å². The largest absolute Gasteiger partial charge is 0.484 e. The molecule has 4 rings (SSSR count). The molecule has 1 unspecified atom stereocenters. The van der Waals surface area contributed by atoms with E-state index in [1.165, 1.54) is 0 Å². The SMILES string of the molecule is O=C1CCc2cc(OCC(=O)NC(CN3CCCC3=O)c3ccccc3)ccc2N1. The molecule has 2 aliphatic rings. The van der Waals surface area contributed by atoms with Crippen LogP contribution in [0.1, 0.15) is 36.4 Å². The van der Waals surface area contributed by atoms with Crippen molar-refractivity contribution in [1.82, 2.24) is 10.2 Å². The highest BCUT2D eigenvalue weighted by molar-refractivity contribution is 5.94. The van der Waals surface area contributed by atoms with Crippen molar-refractivity contribution in [2.45, 2.75) is 31.7 Å². The quantitative estimate of drug-likeness (QED) is 0.738. The van der Waals surface area contributed by atoms with Crippen molar-refractivity contribution in [3.05, 3.63) is 59.7 Å². The van der Waals surface area contributed by atoms with E-state index in [2.05, 4.69) is 10.6 Å². The Bertz CT molecular complexity index is 945. The number of hydrogen-bond acceptors (Lipinski definition) is 4. The maximum atomic E-state index is 12.6. The number of nitrogens with zero attached hydrogens (tertiary/aromatic N) is 1. The number of ether oxygens (including phenoxy) is 1. The topological polar surface area (TPSA) is 87.7 Å². The zero-order chi connectivity index (χ0) is 20.9. The van der Waals surface area contributed by atoms with E-state index in [9.17, 15) is 14.4 Å². The molecule has 2 heterocycles. The first-order valence-electron chi connectivity index (χ1n) is 10.3. The van der Waals surface area contributed by atoms with Crippen LogP contribution < -0.4 is 15.4 Å². The number of carbonyl (C=O) groups excluding carboxylic acids is 3. The first-order chi connectivity index (χ1) is 14.6. The van der Waals surface area contributed by atoms with Crippen molar-refractivity contribution in [2.75, 3.05) is 25.0 Å². The summed E-state index contributed by atoms with van der Waals surface area (Å²) in [5.74, 6) is 0.481. The van der Waals surface area contributed by atoms with Gasteiger partial charge in [-0.05, 0) is 42.2 Å². The molecule has 0 aliphatic carbocycles. The zero-order valence-corrected chi connectivity index (χ0v) is 16.7.